The van der Waals surface area contributed by atoms with Crippen molar-refractivity contribution in [2.75, 3.05) is 29.5 Å². The van der Waals surface area contributed by atoms with E-state index in [0.717, 1.165) is 36.8 Å². The van der Waals surface area contributed by atoms with E-state index < -0.39 is 29.0 Å². The Morgan fingerprint density at radius 1 is 1.34 bits per heavy atom. The Balaban J connectivity index is 1.81. The number of rotatable bonds is 6. The number of ether oxygens (including phenoxy) is 1. The quantitative estimate of drug-likeness (QED) is 0.699. The van der Waals surface area contributed by atoms with Crippen molar-refractivity contribution in [2.24, 2.45) is 5.92 Å². The molecule has 4 rings (SSSR count). The van der Waals surface area contributed by atoms with Gasteiger partial charge in [-0.2, -0.15) is 11.8 Å². The number of carboxylic acid groups (broad SMARTS) is 1. The normalized spacial score (nSPS) is 19.1. The number of benzene rings is 1. The van der Waals surface area contributed by atoms with Crippen molar-refractivity contribution in [1.82, 2.24) is 4.57 Å². The van der Waals surface area contributed by atoms with Gasteiger partial charge in [0, 0.05) is 19.1 Å². The number of hydrogen-bond donors (Lipinski definition) is 1. The average Bonchev–Trinajstić information content (AvgIpc) is 3.41. The fourth-order valence-electron chi connectivity index (χ4n) is 3.96. The molecule has 29 heavy (non-hydrogen) atoms. The van der Waals surface area contributed by atoms with E-state index in [2.05, 4.69) is 11.7 Å². The summed E-state index contributed by atoms with van der Waals surface area (Å²) >= 11 is 1.82. The molecule has 0 spiro atoms. The number of nitrogens with zero attached hydrogens (tertiary/aromatic N) is 2. The molecule has 1 aromatic heterocycles. The minimum absolute atomic E-state index is 0.0121. The Labute approximate surface area is 170 Å². The summed E-state index contributed by atoms with van der Waals surface area (Å²) < 4.78 is 36.6. The third-order valence-corrected chi connectivity index (χ3v) is 6.56. The van der Waals surface area contributed by atoms with E-state index in [-0.39, 0.29) is 22.6 Å². The fourth-order valence-corrected chi connectivity index (χ4v) is 4.80. The molecule has 9 heteroatoms. The summed E-state index contributed by atoms with van der Waals surface area (Å²) in [5, 5.41) is 8.66. The van der Waals surface area contributed by atoms with E-state index in [1.165, 1.54) is 10.8 Å². The van der Waals surface area contributed by atoms with Gasteiger partial charge in [-0.3, -0.25) is 4.79 Å². The highest BCUT2D eigenvalue weighted by Gasteiger charge is 2.32. The van der Waals surface area contributed by atoms with Crippen LogP contribution in [0.15, 0.2) is 17.1 Å². The highest BCUT2D eigenvalue weighted by atomic mass is 32.2. The SMILES string of the molecule is CCSCC1CCN(c2c(F)cc3c(=O)c(OC(=O)O)cn(C4CC4)c3c2F)C1. The summed E-state index contributed by atoms with van der Waals surface area (Å²) in [6, 6.07) is 0.951. The molecular formula is C20H22F2N2O4S. The predicted molar refractivity (Wildman–Crippen MR) is 108 cm³/mol. The number of pyridine rings is 1. The van der Waals surface area contributed by atoms with Crippen LogP contribution in [0.25, 0.3) is 10.9 Å². The standard InChI is InChI=1S/C20H22F2N2O4S/c1-2-29-10-11-5-6-23(8-11)18-14(21)7-13-17(16(18)22)24(12-3-4-12)9-15(19(13)25)28-20(26)27/h7,9,11-12H,2-6,8,10H2,1H3,(H,26,27). The molecule has 0 radical (unpaired) electrons. The lowest BCUT2D eigenvalue weighted by Gasteiger charge is -2.22. The molecule has 2 heterocycles. The van der Waals surface area contributed by atoms with Crippen molar-refractivity contribution in [3.8, 4) is 5.75 Å². The molecule has 1 aliphatic carbocycles. The number of carbonyl (C=O) groups is 1. The second-order valence-electron chi connectivity index (χ2n) is 7.51. The molecule has 1 saturated carbocycles. The topological polar surface area (TPSA) is 71.8 Å². The van der Waals surface area contributed by atoms with Crippen LogP contribution < -0.4 is 15.1 Å². The predicted octanol–water partition coefficient (Wildman–Crippen LogP) is 4.25. The van der Waals surface area contributed by atoms with E-state index in [0.29, 0.717) is 19.0 Å². The van der Waals surface area contributed by atoms with Gasteiger partial charge in [-0.1, -0.05) is 6.92 Å². The number of hydrogen-bond acceptors (Lipinski definition) is 5. The molecule has 2 fully saturated rings. The van der Waals surface area contributed by atoms with Crippen LogP contribution in [0.3, 0.4) is 0 Å². The summed E-state index contributed by atoms with van der Waals surface area (Å²) in [5.74, 6) is 0.295. The van der Waals surface area contributed by atoms with E-state index in [1.54, 1.807) is 4.90 Å². The summed E-state index contributed by atoms with van der Waals surface area (Å²) in [6.45, 7) is 3.21. The Morgan fingerprint density at radius 3 is 2.76 bits per heavy atom. The lowest BCUT2D eigenvalue weighted by atomic mass is 10.1. The molecule has 1 saturated heterocycles. The molecule has 6 nitrogen and oxygen atoms in total. The highest BCUT2D eigenvalue weighted by molar-refractivity contribution is 7.99. The third kappa shape index (κ3) is 3.80. The van der Waals surface area contributed by atoms with Crippen LogP contribution in [0.4, 0.5) is 19.3 Å². The maximum absolute atomic E-state index is 15.6. The molecule has 0 bridgehead atoms. The number of anilines is 1. The largest absolute Gasteiger partial charge is 0.511 e. The first-order valence-corrected chi connectivity index (χ1v) is 10.9. The number of fused-ring (bicyclic) bond motifs is 1. The maximum atomic E-state index is 15.6. The average molecular weight is 424 g/mol. The molecule has 1 aromatic carbocycles. The Morgan fingerprint density at radius 2 is 2.10 bits per heavy atom. The zero-order valence-electron chi connectivity index (χ0n) is 16.0. The molecule has 1 aliphatic heterocycles. The van der Waals surface area contributed by atoms with E-state index >= 15 is 4.39 Å². The van der Waals surface area contributed by atoms with Gasteiger partial charge < -0.3 is 19.3 Å². The van der Waals surface area contributed by atoms with Gasteiger partial charge in [0.15, 0.2) is 11.6 Å². The second-order valence-corrected chi connectivity index (χ2v) is 8.83. The molecule has 0 amide bonds. The summed E-state index contributed by atoms with van der Waals surface area (Å²) in [5.41, 5.74) is -0.928. The van der Waals surface area contributed by atoms with E-state index in [4.69, 9.17) is 5.11 Å². The van der Waals surface area contributed by atoms with Gasteiger partial charge in [-0.25, -0.2) is 13.6 Å². The first-order valence-electron chi connectivity index (χ1n) is 9.71. The zero-order valence-corrected chi connectivity index (χ0v) is 16.8. The van der Waals surface area contributed by atoms with Gasteiger partial charge in [0.05, 0.1) is 17.1 Å². The molecular weight excluding hydrogens is 402 g/mol. The van der Waals surface area contributed by atoms with Crippen LogP contribution in [-0.2, 0) is 0 Å². The van der Waals surface area contributed by atoms with Crippen LogP contribution in [-0.4, -0.2) is 40.4 Å². The van der Waals surface area contributed by atoms with E-state index in [9.17, 15) is 14.0 Å². The van der Waals surface area contributed by atoms with Crippen LogP contribution in [0.1, 0.15) is 32.2 Å². The van der Waals surface area contributed by atoms with Crippen LogP contribution in [0.5, 0.6) is 5.75 Å². The van der Waals surface area contributed by atoms with Gasteiger partial charge in [0.1, 0.15) is 11.5 Å². The molecule has 1 N–H and O–H groups in total. The van der Waals surface area contributed by atoms with Crippen molar-refractivity contribution in [2.45, 2.75) is 32.2 Å². The van der Waals surface area contributed by atoms with Crippen LogP contribution in [0, 0.1) is 17.6 Å². The molecule has 2 aliphatic rings. The monoisotopic (exact) mass is 424 g/mol. The minimum Gasteiger partial charge on any atom is -0.449 e. The molecule has 2 aromatic rings. The molecule has 1 unspecified atom stereocenters. The van der Waals surface area contributed by atoms with Gasteiger partial charge in [0.2, 0.25) is 5.43 Å². The van der Waals surface area contributed by atoms with Crippen molar-refractivity contribution in [1.29, 1.82) is 0 Å². The lowest BCUT2D eigenvalue weighted by molar-refractivity contribution is 0.143. The van der Waals surface area contributed by atoms with Crippen molar-refractivity contribution in [3.63, 3.8) is 0 Å². The maximum Gasteiger partial charge on any atom is 0.511 e. The van der Waals surface area contributed by atoms with Crippen molar-refractivity contribution in [3.05, 3.63) is 34.1 Å². The summed E-state index contributed by atoms with van der Waals surface area (Å²) in [6.07, 6.45) is 2.00. The molecule has 1 atom stereocenters. The number of halogens is 2. The van der Waals surface area contributed by atoms with Gasteiger partial charge in [0.25, 0.3) is 0 Å². The van der Waals surface area contributed by atoms with Crippen molar-refractivity contribution >= 4 is 34.5 Å². The van der Waals surface area contributed by atoms with E-state index in [1.807, 2.05) is 11.8 Å². The van der Waals surface area contributed by atoms with Gasteiger partial charge in [-0.15, -0.1) is 0 Å². The Kier molecular flexibility index (Phi) is 5.42. The van der Waals surface area contributed by atoms with Gasteiger partial charge in [-0.05, 0) is 42.8 Å². The fraction of sp³-hybridized carbons (Fsp3) is 0.500. The van der Waals surface area contributed by atoms with Crippen molar-refractivity contribution < 1.29 is 23.4 Å². The van der Waals surface area contributed by atoms with Crippen LogP contribution in [0.2, 0.25) is 0 Å². The highest BCUT2D eigenvalue weighted by Crippen LogP contribution is 2.41. The Bertz CT molecular complexity index is 1020. The summed E-state index contributed by atoms with van der Waals surface area (Å²) in [4.78, 5) is 25.2. The Hall–Kier alpha value is -2.29. The smallest absolute Gasteiger partial charge is 0.449 e. The number of thioether (sulfide) groups is 1. The molecule has 156 valence electrons. The lowest BCUT2D eigenvalue weighted by Crippen LogP contribution is -2.24. The van der Waals surface area contributed by atoms with Gasteiger partial charge >= 0.3 is 6.16 Å². The first-order chi connectivity index (χ1) is 13.9. The van der Waals surface area contributed by atoms with Crippen LogP contribution >= 0.6 is 11.8 Å². The second kappa shape index (κ2) is 7.85. The first kappa shape index (κ1) is 20.0. The zero-order chi connectivity index (χ0) is 20.7. The third-order valence-electron chi connectivity index (χ3n) is 5.45. The number of aromatic nitrogens is 1. The minimum atomic E-state index is -1.64. The summed E-state index contributed by atoms with van der Waals surface area (Å²) in [7, 11) is 0.